The van der Waals surface area contributed by atoms with Crippen LogP contribution < -0.4 is 15.5 Å². The Morgan fingerprint density at radius 2 is 1.84 bits per heavy atom. The second-order valence-corrected chi connectivity index (χ2v) is 6.86. The summed E-state index contributed by atoms with van der Waals surface area (Å²) in [6.45, 7) is 7.19. The third-order valence-electron chi connectivity index (χ3n) is 4.38. The van der Waals surface area contributed by atoms with Gasteiger partial charge in [0.2, 0.25) is 0 Å². The monoisotopic (exact) mass is 339 g/mol. The lowest BCUT2D eigenvalue weighted by Crippen LogP contribution is -2.53. The fourth-order valence-corrected chi connectivity index (χ4v) is 3.02. The molecule has 132 valence electrons. The molecule has 0 aliphatic carbocycles. The van der Waals surface area contributed by atoms with Crippen LogP contribution in [0.5, 0.6) is 0 Å². The van der Waals surface area contributed by atoms with Crippen molar-refractivity contribution in [2.24, 2.45) is 0 Å². The van der Waals surface area contributed by atoms with Gasteiger partial charge in [-0.2, -0.15) is 0 Å². The molecule has 0 spiro atoms. The maximum absolute atomic E-state index is 12.0. The van der Waals surface area contributed by atoms with E-state index in [4.69, 9.17) is 4.74 Å². The molecule has 25 heavy (non-hydrogen) atoms. The summed E-state index contributed by atoms with van der Waals surface area (Å²) in [5.74, 6) is 0. The predicted octanol–water partition coefficient (Wildman–Crippen LogP) is 3.62. The van der Waals surface area contributed by atoms with Crippen LogP contribution in [0.15, 0.2) is 54.6 Å². The van der Waals surface area contributed by atoms with E-state index >= 15 is 0 Å². The maximum Gasteiger partial charge on any atom is 0.319 e. The summed E-state index contributed by atoms with van der Waals surface area (Å²) in [6, 6.07) is 17.6. The quantitative estimate of drug-likeness (QED) is 0.894. The lowest BCUT2D eigenvalue weighted by atomic mass is 10.0. The van der Waals surface area contributed by atoms with Gasteiger partial charge in [-0.15, -0.1) is 0 Å². The van der Waals surface area contributed by atoms with Crippen LogP contribution in [0.3, 0.4) is 0 Å². The molecule has 0 atom stereocenters. The second kappa shape index (κ2) is 7.57. The second-order valence-electron chi connectivity index (χ2n) is 6.86. The van der Waals surface area contributed by atoms with Crippen molar-refractivity contribution >= 4 is 17.4 Å². The highest BCUT2D eigenvalue weighted by molar-refractivity contribution is 5.89. The highest BCUT2D eigenvalue weighted by Gasteiger charge is 2.30. The summed E-state index contributed by atoms with van der Waals surface area (Å²) in [4.78, 5) is 14.4. The third kappa shape index (κ3) is 4.51. The summed E-state index contributed by atoms with van der Waals surface area (Å²) in [5.41, 5.74) is 2.96. The predicted molar refractivity (Wildman–Crippen MR) is 101 cm³/mol. The molecular formula is C20H25N3O2. The van der Waals surface area contributed by atoms with Gasteiger partial charge in [-0.05, 0) is 43.7 Å². The highest BCUT2D eigenvalue weighted by atomic mass is 16.5. The van der Waals surface area contributed by atoms with Crippen molar-refractivity contribution < 1.29 is 9.53 Å². The van der Waals surface area contributed by atoms with Gasteiger partial charge in [-0.1, -0.05) is 30.3 Å². The molecule has 0 bridgehead atoms. The van der Waals surface area contributed by atoms with Gasteiger partial charge in [0, 0.05) is 24.5 Å². The average Bonchev–Trinajstić information content (AvgIpc) is 2.61. The molecule has 2 aromatic carbocycles. The Kier molecular flexibility index (Phi) is 5.24. The number of amides is 2. The molecule has 0 unspecified atom stereocenters. The Labute approximate surface area is 149 Å². The largest absolute Gasteiger partial charge is 0.377 e. The number of ether oxygens (including phenoxy) is 1. The number of rotatable bonds is 4. The third-order valence-corrected chi connectivity index (χ3v) is 4.38. The molecule has 5 nitrogen and oxygen atoms in total. The minimum Gasteiger partial charge on any atom is -0.377 e. The first-order valence-electron chi connectivity index (χ1n) is 8.59. The van der Waals surface area contributed by atoms with Gasteiger partial charge in [-0.3, -0.25) is 0 Å². The SMILES string of the molecule is CC1(C)COCCN1c1ccc(NC(=O)NCc2ccccc2)cc1. The van der Waals surface area contributed by atoms with Crippen molar-refractivity contribution in [1.82, 2.24) is 5.32 Å². The maximum atomic E-state index is 12.0. The number of benzene rings is 2. The first kappa shape index (κ1) is 17.3. The van der Waals surface area contributed by atoms with E-state index in [9.17, 15) is 4.79 Å². The molecule has 0 radical (unpaired) electrons. The average molecular weight is 339 g/mol. The Bertz CT molecular complexity index is 699. The lowest BCUT2D eigenvalue weighted by molar-refractivity contribution is 0.0644. The van der Waals surface area contributed by atoms with Gasteiger partial charge in [0.15, 0.2) is 0 Å². The number of carbonyl (C=O) groups excluding carboxylic acids is 1. The van der Waals surface area contributed by atoms with E-state index < -0.39 is 0 Å². The number of nitrogens with one attached hydrogen (secondary N) is 2. The van der Waals surface area contributed by atoms with Crippen LogP contribution in [0.25, 0.3) is 0 Å². The summed E-state index contributed by atoms with van der Waals surface area (Å²) < 4.78 is 5.57. The fourth-order valence-electron chi connectivity index (χ4n) is 3.02. The van der Waals surface area contributed by atoms with E-state index in [1.165, 1.54) is 0 Å². The van der Waals surface area contributed by atoms with Crippen LogP contribution in [-0.2, 0) is 11.3 Å². The first-order chi connectivity index (χ1) is 12.0. The molecule has 1 aliphatic heterocycles. The Balaban J connectivity index is 1.56. The zero-order valence-corrected chi connectivity index (χ0v) is 14.8. The molecule has 1 aliphatic rings. The summed E-state index contributed by atoms with van der Waals surface area (Å²) in [7, 11) is 0. The van der Waals surface area contributed by atoms with Crippen molar-refractivity contribution in [2.75, 3.05) is 30.0 Å². The molecule has 2 aromatic rings. The number of carbonyl (C=O) groups is 1. The number of nitrogens with zero attached hydrogens (tertiary/aromatic N) is 1. The molecule has 1 heterocycles. The minimum atomic E-state index is -0.205. The number of hydrogen-bond donors (Lipinski definition) is 2. The van der Waals surface area contributed by atoms with Gasteiger partial charge in [0.1, 0.15) is 0 Å². The van der Waals surface area contributed by atoms with Crippen molar-refractivity contribution in [3.8, 4) is 0 Å². The van der Waals surface area contributed by atoms with Crippen LogP contribution in [0.4, 0.5) is 16.2 Å². The number of urea groups is 1. The van der Waals surface area contributed by atoms with Crippen LogP contribution >= 0.6 is 0 Å². The molecule has 5 heteroatoms. The number of anilines is 2. The Hall–Kier alpha value is -2.53. The van der Waals surface area contributed by atoms with Gasteiger partial charge in [0.25, 0.3) is 0 Å². The van der Waals surface area contributed by atoms with Crippen LogP contribution in [0.1, 0.15) is 19.4 Å². The molecule has 3 rings (SSSR count). The molecular weight excluding hydrogens is 314 g/mol. The van der Waals surface area contributed by atoms with Crippen molar-refractivity contribution in [3.63, 3.8) is 0 Å². The van der Waals surface area contributed by atoms with Gasteiger partial charge < -0.3 is 20.3 Å². The minimum absolute atomic E-state index is 0.0275. The standard InChI is InChI=1S/C20H25N3O2/c1-20(2)15-25-13-12-23(20)18-10-8-17(9-11-18)22-19(24)21-14-16-6-4-3-5-7-16/h3-11H,12-15H2,1-2H3,(H2,21,22,24). The molecule has 2 N–H and O–H groups in total. The Morgan fingerprint density at radius 3 is 2.52 bits per heavy atom. The molecule has 2 amide bonds. The summed E-state index contributed by atoms with van der Waals surface area (Å²) in [6.07, 6.45) is 0. The normalized spacial score (nSPS) is 16.3. The van der Waals surface area contributed by atoms with Crippen molar-refractivity contribution in [3.05, 3.63) is 60.2 Å². The molecule has 0 saturated carbocycles. The smallest absolute Gasteiger partial charge is 0.319 e. The molecule has 0 aromatic heterocycles. The van der Waals surface area contributed by atoms with E-state index in [0.29, 0.717) is 6.54 Å². The Morgan fingerprint density at radius 1 is 1.12 bits per heavy atom. The van der Waals surface area contributed by atoms with Crippen LogP contribution in [-0.4, -0.2) is 31.3 Å². The fraction of sp³-hybridized carbons (Fsp3) is 0.350. The zero-order chi connectivity index (χ0) is 17.7. The van der Waals surface area contributed by atoms with E-state index in [-0.39, 0.29) is 11.6 Å². The highest BCUT2D eigenvalue weighted by Crippen LogP contribution is 2.27. The van der Waals surface area contributed by atoms with E-state index in [0.717, 1.165) is 36.7 Å². The topological polar surface area (TPSA) is 53.6 Å². The van der Waals surface area contributed by atoms with E-state index in [1.54, 1.807) is 0 Å². The van der Waals surface area contributed by atoms with Gasteiger partial charge in [-0.25, -0.2) is 4.79 Å². The summed E-state index contributed by atoms with van der Waals surface area (Å²) in [5, 5.41) is 5.73. The van der Waals surface area contributed by atoms with E-state index in [1.807, 2.05) is 54.6 Å². The van der Waals surface area contributed by atoms with Gasteiger partial charge >= 0.3 is 6.03 Å². The van der Waals surface area contributed by atoms with Crippen molar-refractivity contribution in [2.45, 2.75) is 25.9 Å². The van der Waals surface area contributed by atoms with Crippen LogP contribution in [0, 0.1) is 0 Å². The number of morpholine rings is 1. The van der Waals surface area contributed by atoms with E-state index in [2.05, 4.69) is 29.4 Å². The first-order valence-corrected chi connectivity index (χ1v) is 8.59. The lowest BCUT2D eigenvalue weighted by Gasteiger charge is -2.43. The molecule has 1 fully saturated rings. The summed E-state index contributed by atoms with van der Waals surface area (Å²) >= 11 is 0. The number of hydrogen-bond acceptors (Lipinski definition) is 3. The van der Waals surface area contributed by atoms with Crippen molar-refractivity contribution in [1.29, 1.82) is 0 Å². The van der Waals surface area contributed by atoms with Gasteiger partial charge in [0.05, 0.1) is 18.8 Å². The molecule has 1 saturated heterocycles. The zero-order valence-electron chi connectivity index (χ0n) is 14.8. The van der Waals surface area contributed by atoms with Crippen LogP contribution in [0.2, 0.25) is 0 Å².